The van der Waals surface area contributed by atoms with E-state index in [2.05, 4.69) is 45.9 Å². The molecule has 2 aliphatic rings. The molecule has 2 saturated heterocycles. The Balaban J connectivity index is 0.000000189. The van der Waals surface area contributed by atoms with Crippen LogP contribution in [0, 0.1) is 0 Å². The predicted octanol–water partition coefficient (Wildman–Crippen LogP) is 8.54. The lowest BCUT2D eigenvalue weighted by Gasteiger charge is -2.23. The van der Waals surface area contributed by atoms with Crippen LogP contribution in [-0.2, 0) is 21.9 Å². The highest BCUT2D eigenvalue weighted by Crippen LogP contribution is 2.42. The Bertz CT molecular complexity index is 3530. The summed E-state index contributed by atoms with van der Waals surface area (Å²) in [5.74, 6) is 3.19. The van der Waals surface area contributed by atoms with Crippen molar-refractivity contribution in [3.8, 4) is 45.9 Å². The molecule has 6 heterocycles. The number of aromatic nitrogens is 8. The topological polar surface area (TPSA) is 268 Å². The first kappa shape index (κ1) is 58.1. The second-order valence-electron chi connectivity index (χ2n) is 17.8. The predicted molar refractivity (Wildman–Crippen MR) is 287 cm³/mol. The molecule has 2 amide bonds. The highest BCUT2D eigenvalue weighted by Gasteiger charge is 2.34. The monoisotopic (exact) mass is 1150 g/mol. The van der Waals surface area contributed by atoms with Gasteiger partial charge in [0.2, 0.25) is 34.5 Å². The quantitative estimate of drug-likeness (QED) is 0.0475. The number of carbonyl (C=O) groups is 2. The highest BCUT2D eigenvalue weighted by atomic mass is 35.5. The standard InChI is InChI=1S/C26H26F3N7O4.C21H17ClF3N5O3.C5H10N2O/c1-38-19-10-15(11-20(39-2)22(19)40-3)35-12-21(31-13-35)33-24-16-7-6-14(26(27,28)29)9-17(16)32-25(34-24)36-8-4-5-18(36)23(30)37;1-31-15-7-12(8-16(32-2)18(15)33-3)30-9-17(26-10-30)28-19-13-5-4-11(21(23,24)25)6-14(13)27-20(22)29-19;6-5(8)4-2-1-3-7-4/h6-7,9-13,18H,4-5,8H2,1-3H3,(H2,30,37)(H,32,33,34);4-10H,1-3H3,(H,27,28,29);4,7H,1-3H2,(H2,6,8)/t18-;;4-/m0.0/s1. The third-order valence-corrected chi connectivity index (χ3v) is 13.0. The number of methoxy groups -OCH3 is 6. The Labute approximate surface area is 462 Å². The van der Waals surface area contributed by atoms with Gasteiger partial charge in [0.25, 0.3) is 0 Å². The van der Waals surface area contributed by atoms with Crippen LogP contribution in [0.1, 0.15) is 36.8 Å². The van der Waals surface area contributed by atoms with Gasteiger partial charge in [-0.25, -0.2) is 19.9 Å². The lowest BCUT2D eigenvalue weighted by molar-refractivity contribution is -0.138. The molecule has 0 spiro atoms. The summed E-state index contributed by atoms with van der Waals surface area (Å²) in [5, 5.41) is 9.55. The highest BCUT2D eigenvalue weighted by molar-refractivity contribution is 6.28. The summed E-state index contributed by atoms with van der Waals surface area (Å²) in [7, 11) is 9.05. The first-order valence-electron chi connectivity index (χ1n) is 24.4. The number of anilines is 5. The molecule has 8 aromatic rings. The second kappa shape index (κ2) is 24.5. The van der Waals surface area contributed by atoms with E-state index in [9.17, 15) is 35.9 Å². The van der Waals surface area contributed by atoms with Crippen molar-refractivity contribution in [2.24, 2.45) is 11.5 Å². The van der Waals surface area contributed by atoms with Crippen LogP contribution in [0.3, 0.4) is 0 Å². The van der Waals surface area contributed by atoms with Crippen molar-refractivity contribution in [1.29, 1.82) is 0 Å². The number of primary amides is 2. The van der Waals surface area contributed by atoms with Gasteiger partial charge in [0.05, 0.1) is 94.6 Å². The number of rotatable bonds is 15. The second-order valence-corrected chi connectivity index (χ2v) is 18.2. The zero-order valence-corrected chi connectivity index (χ0v) is 44.8. The van der Waals surface area contributed by atoms with Gasteiger partial charge in [0.1, 0.15) is 42.0 Å². The number of amides is 2. The van der Waals surface area contributed by atoms with Gasteiger partial charge in [-0.3, -0.25) is 9.59 Å². The Kier molecular flexibility index (Phi) is 17.6. The molecule has 0 aliphatic carbocycles. The minimum absolute atomic E-state index is 0.0463. The zero-order valence-electron chi connectivity index (χ0n) is 44.1. The number of nitrogens with zero attached hydrogens (tertiary/aromatic N) is 9. The van der Waals surface area contributed by atoms with Crippen LogP contribution in [0.15, 0.2) is 85.7 Å². The molecule has 7 N–H and O–H groups in total. The fourth-order valence-electron chi connectivity index (χ4n) is 8.85. The van der Waals surface area contributed by atoms with E-state index in [0.29, 0.717) is 87.7 Å². The van der Waals surface area contributed by atoms with E-state index >= 15 is 0 Å². The average Bonchev–Trinajstić information content (AvgIpc) is 4.38. The van der Waals surface area contributed by atoms with Crippen LogP contribution in [0.5, 0.6) is 34.5 Å². The van der Waals surface area contributed by atoms with E-state index in [4.69, 9.17) is 51.5 Å². The minimum Gasteiger partial charge on any atom is -0.493 e. The van der Waals surface area contributed by atoms with Crippen LogP contribution in [0.4, 0.5) is 55.6 Å². The van der Waals surface area contributed by atoms with E-state index in [1.54, 1.807) is 57.0 Å². The summed E-state index contributed by atoms with van der Waals surface area (Å²) >= 11 is 5.94. The van der Waals surface area contributed by atoms with Gasteiger partial charge in [-0.2, -0.15) is 36.3 Å². The van der Waals surface area contributed by atoms with Crippen molar-refractivity contribution in [3.63, 3.8) is 0 Å². The Morgan fingerprint density at radius 3 is 1.48 bits per heavy atom. The third-order valence-electron chi connectivity index (χ3n) is 12.8. The van der Waals surface area contributed by atoms with Gasteiger partial charge in [0.15, 0.2) is 23.0 Å². The number of fused-ring (bicyclic) bond motifs is 2. The average molecular weight is 1150 g/mol. The number of imidazole rings is 2. The maximum atomic E-state index is 13.5. The first-order valence-corrected chi connectivity index (χ1v) is 24.8. The molecule has 428 valence electrons. The number of ether oxygens (including phenoxy) is 6. The zero-order chi connectivity index (χ0) is 58.3. The van der Waals surface area contributed by atoms with Crippen LogP contribution >= 0.6 is 11.6 Å². The van der Waals surface area contributed by atoms with Crippen LogP contribution in [0.2, 0.25) is 5.28 Å². The summed E-state index contributed by atoms with van der Waals surface area (Å²) in [5.41, 5.74) is 10.3. The van der Waals surface area contributed by atoms with Crippen molar-refractivity contribution in [3.05, 3.63) is 102 Å². The van der Waals surface area contributed by atoms with Crippen LogP contribution in [0.25, 0.3) is 33.2 Å². The molecule has 0 radical (unpaired) electrons. The molecule has 10 rings (SSSR count). The Morgan fingerprint density at radius 2 is 1.09 bits per heavy atom. The molecular weight excluding hydrogens is 1100 g/mol. The number of nitrogens with one attached hydrogen (secondary N) is 3. The fraction of sp³-hybridized carbons (Fsp3) is 0.308. The molecule has 0 unspecified atom stereocenters. The normalized spacial score (nSPS) is 15.0. The maximum Gasteiger partial charge on any atom is 0.416 e. The fourth-order valence-corrected chi connectivity index (χ4v) is 9.03. The number of hydrogen-bond acceptors (Lipinski definition) is 18. The smallest absolute Gasteiger partial charge is 0.416 e. The van der Waals surface area contributed by atoms with Crippen molar-refractivity contribution < 1.29 is 64.4 Å². The number of alkyl halides is 6. The Morgan fingerprint density at radius 1 is 0.617 bits per heavy atom. The number of nitrogens with two attached hydrogens (primary N) is 2. The van der Waals surface area contributed by atoms with E-state index in [1.165, 1.54) is 61.1 Å². The van der Waals surface area contributed by atoms with Crippen molar-refractivity contribution in [2.45, 2.75) is 50.1 Å². The van der Waals surface area contributed by atoms with Crippen LogP contribution in [-0.4, -0.2) is 119 Å². The SMILES string of the molecule is COc1cc(-n2cnc(Nc3nc(Cl)nc4cc(C(F)(F)F)ccc34)c2)cc(OC)c1OC.COc1cc(-n2cnc(Nc3nc(N4CCC[C@H]4C(N)=O)nc4cc(C(F)(F)F)ccc34)c2)cc(OC)c1OC.NC(=O)[C@@H]1CCCN1. The number of halogens is 7. The van der Waals surface area contributed by atoms with Crippen LogP contribution < -0.4 is 60.7 Å². The third kappa shape index (κ3) is 13.2. The molecule has 22 nitrogen and oxygen atoms in total. The molecule has 29 heteroatoms. The molecular formula is C52H53ClF6N14O8. The summed E-state index contributed by atoms with van der Waals surface area (Å²) in [6.07, 6.45) is 0.499. The molecule has 81 heavy (non-hydrogen) atoms. The Hall–Kier alpha value is -9.05. The van der Waals surface area contributed by atoms with Crippen molar-refractivity contribution >= 4 is 74.4 Å². The van der Waals surface area contributed by atoms with E-state index in [1.807, 2.05) is 0 Å². The molecule has 0 bridgehead atoms. The molecule has 2 atom stereocenters. The van der Waals surface area contributed by atoms with Gasteiger partial charge in [-0.05, 0) is 80.2 Å². The summed E-state index contributed by atoms with van der Waals surface area (Å²) in [6, 6.07) is 12.6. The van der Waals surface area contributed by atoms with E-state index < -0.39 is 35.4 Å². The van der Waals surface area contributed by atoms with E-state index in [0.717, 1.165) is 43.7 Å². The summed E-state index contributed by atoms with van der Waals surface area (Å²) < 4.78 is 115. The number of carbonyl (C=O) groups excluding carboxylic acids is 2. The van der Waals surface area contributed by atoms with Gasteiger partial charge < -0.3 is 69.9 Å². The van der Waals surface area contributed by atoms with Gasteiger partial charge >= 0.3 is 12.4 Å². The van der Waals surface area contributed by atoms with E-state index in [-0.39, 0.29) is 45.9 Å². The lowest BCUT2D eigenvalue weighted by atomic mass is 10.1. The van der Waals surface area contributed by atoms with Gasteiger partial charge in [0, 0.05) is 41.6 Å². The largest absolute Gasteiger partial charge is 0.493 e. The summed E-state index contributed by atoms with van der Waals surface area (Å²) in [4.78, 5) is 49.6. The number of hydrogen-bond donors (Lipinski definition) is 5. The first-order chi connectivity index (χ1) is 38.7. The molecule has 4 aromatic carbocycles. The van der Waals surface area contributed by atoms with Crippen molar-refractivity contribution in [2.75, 3.05) is 71.3 Å². The number of benzene rings is 4. The summed E-state index contributed by atoms with van der Waals surface area (Å²) in [6.45, 7) is 1.38. The maximum absolute atomic E-state index is 13.5. The molecule has 2 aliphatic heterocycles. The molecule has 2 fully saturated rings. The lowest BCUT2D eigenvalue weighted by Crippen LogP contribution is -2.41. The van der Waals surface area contributed by atoms with Gasteiger partial charge in [-0.1, -0.05) is 0 Å². The minimum atomic E-state index is -4.56. The molecule has 0 saturated carbocycles. The molecule has 4 aromatic heterocycles. The van der Waals surface area contributed by atoms with Crippen molar-refractivity contribution in [1.82, 2.24) is 44.4 Å². The van der Waals surface area contributed by atoms with Gasteiger partial charge in [-0.15, -0.1) is 0 Å².